The number of benzene rings is 2. The van der Waals surface area contributed by atoms with Gasteiger partial charge in [-0.25, -0.2) is 4.79 Å². The highest BCUT2D eigenvalue weighted by Gasteiger charge is 2.36. The molecule has 2 aromatic carbocycles. The zero-order valence-electron chi connectivity index (χ0n) is 17.8. The maximum Gasteiger partial charge on any atom is 0.343 e. The minimum Gasteiger partial charge on any atom is -0.490 e. The molecule has 0 radical (unpaired) electrons. The van der Waals surface area contributed by atoms with Crippen molar-refractivity contribution in [3.63, 3.8) is 0 Å². The van der Waals surface area contributed by atoms with Gasteiger partial charge < -0.3 is 14.2 Å². The zero-order chi connectivity index (χ0) is 24.0. The molecule has 0 saturated carbocycles. The molecular weight excluding hydrogens is 561 g/mol. The van der Waals surface area contributed by atoms with Gasteiger partial charge in [0, 0.05) is 5.56 Å². The lowest BCUT2D eigenvalue weighted by Crippen LogP contribution is -2.33. The molecule has 3 rings (SSSR count). The molecule has 172 valence electrons. The van der Waals surface area contributed by atoms with Crippen molar-refractivity contribution < 1.29 is 33.4 Å². The van der Waals surface area contributed by atoms with Crippen LogP contribution >= 0.6 is 34.4 Å². The average molecular weight is 581 g/mol. The molecule has 2 amide bonds. The summed E-state index contributed by atoms with van der Waals surface area (Å²) in [7, 11) is 1.27. The number of hydrogen-bond donors (Lipinski definition) is 0. The Labute approximate surface area is 208 Å². The Morgan fingerprint density at radius 1 is 1.12 bits per heavy atom. The smallest absolute Gasteiger partial charge is 0.343 e. The summed E-state index contributed by atoms with van der Waals surface area (Å²) in [5.41, 5.74) is 1.03. The molecule has 1 aliphatic rings. The van der Waals surface area contributed by atoms with Gasteiger partial charge in [0.15, 0.2) is 23.9 Å². The van der Waals surface area contributed by atoms with E-state index in [2.05, 4.69) is 4.74 Å². The van der Waals surface area contributed by atoms with Gasteiger partial charge >= 0.3 is 5.97 Å². The van der Waals surface area contributed by atoms with E-state index in [0.29, 0.717) is 32.8 Å². The Bertz CT molecular complexity index is 1120. The number of Topliss-reactive ketones (excluding diaryl/α,β-unsaturated/α-hetero) is 1. The molecule has 0 spiro atoms. The van der Waals surface area contributed by atoms with Crippen molar-refractivity contribution in [1.29, 1.82) is 0 Å². The molecule has 0 atom stereocenters. The van der Waals surface area contributed by atoms with Crippen LogP contribution in [-0.2, 0) is 14.3 Å². The summed E-state index contributed by atoms with van der Waals surface area (Å²) in [6.45, 7) is 1.55. The lowest BCUT2D eigenvalue weighted by molar-refractivity contribution is -0.143. The van der Waals surface area contributed by atoms with E-state index < -0.39 is 17.1 Å². The molecule has 33 heavy (non-hydrogen) atoms. The lowest BCUT2D eigenvalue weighted by Gasteiger charge is -2.14. The molecule has 0 aliphatic carbocycles. The van der Waals surface area contributed by atoms with Crippen LogP contribution in [0.3, 0.4) is 0 Å². The third-order valence-electron chi connectivity index (χ3n) is 4.46. The Kier molecular flexibility index (Phi) is 8.50. The van der Waals surface area contributed by atoms with E-state index in [-0.39, 0.29) is 23.8 Å². The SMILES string of the molecule is CCOc1cc(/C=C2/SC(=O)N(CC(=O)c3ccccc3)C2=O)cc(I)c1OCC(=O)OC. The van der Waals surface area contributed by atoms with E-state index in [4.69, 9.17) is 9.47 Å². The van der Waals surface area contributed by atoms with Crippen molar-refractivity contribution in [3.05, 3.63) is 62.1 Å². The van der Waals surface area contributed by atoms with Crippen molar-refractivity contribution in [1.82, 2.24) is 4.90 Å². The minimum absolute atomic E-state index is 0.197. The molecule has 1 fully saturated rings. The summed E-state index contributed by atoms with van der Waals surface area (Å²) in [6.07, 6.45) is 1.56. The van der Waals surface area contributed by atoms with E-state index >= 15 is 0 Å². The van der Waals surface area contributed by atoms with E-state index in [0.717, 1.165) is 16.7 Å². The van der Waals surface area contributed by atoms with Gasteiger partial charge in [-0.3, -0.25) is 19.3 Å². The number of amides is 2. The number of esters is 1. The maximum atomic E-state index is 12.8. The number of carbonyl (C=O) groups is 4. The fourth-order valence-electron chi connectivity index (χ4n) is 2.91. The van der Waals surface area contributed by atoms with Crippen LogP contribution in [0.25, 0.3) is 6.08 Å². The number of thioether (sulfide) groups is 1. The molecule has 0 aromatic heterocycles. The van der Waals surface area contributed by atoms with Crippen LogP contribution in [0.15, 0.2) is 47.4 Å². The number of halogens is 1. The number of carbonyl (C=O) groups excluding carboxylic acids is 4. The molecule has 1 aliphatic heterocycles. The highest BCUT2D eigenvalue weighted by molar-refractivity contribution is 14.1. The van der Waals surface area contributed by atoms with E-state index in [1.54, 1.807) is 55.5 Å². The largest absolute Gasteiger partial charge is 0.490 e. The van der Waals surface area contributed by atoms with E-state index in [1.807, 2.05) is 22.6 Å². The first kappa shape index (κ1) is 24.8. The van der Waals surface area contributed by atoms with Gasteiger partial charge in [0.2, 0.25) is 0 Å². The number of methoxy groups -OCH3 is 1. The van der Waals surface area contributed by atoms with Crippen LogP contribution in [0.1, 0.15) is 22.8 Å². The van der Waals surface area contributed by atoms with Crippen LogP contribution in [0, 0.1) is 3.57 Å². The van der Waals surface area contributed by atoms with Gasteiger partial charge in [-0.2, -0.15) is 0 Å². The molecule has 2 aromatic rings. The first-order valence-corrected chi connectivity index (χ1v) is 11.7. The maximum absolute atomic E-state index is 12.8. The number of hydrogen-bond acceptors (Lipinski definition) is 8. The highest BCUT2D eigenvalue weighted by atomic mass is 127. The second-order valence-electron chi connectivity index (χ2n) is 6.68. The minimum atomic E-state index is -0.534. The Balaban J connectivity index is 1.82. The molecule has 0 bridgehead atoms. The second kappa shape index (κ2) is 11.3. The van der Waals surface area contributed by atoms with Crippen LogP contribution in [0.4, 0.5) is 4.79 Å². The predicted octanol–water partition coefficient (Wildman–Crippen LogP) is 4.16. The number of ether oxygens (including phenoxy) is 3. The molecule has 0 N–H and O–H groups in total. The van der Waals surface area contributed by atoms with Crippen molar-refractivity contribution in [2.45, 2.75) is 6.92 Å². The topological polar surface area (TPSA) is 99.2 Å². The monoisotopic (exact) mass is 581 g/mol. The van der Waals surface area contributed by atoms with Crippen molar-refractivity contribution in [3.8, 4) is 11.5 Å². The Morgan fingerprint density at radius 2 is 1.85 bits per heavy atom. The predicted molar refractivity (Wildman–Crippen MR) is 131 cm³/mol. The summed E-state index contributed by atoms with van der Waals surface area (Å²) in [4.78, 5) is 50.2. The van der Waals surface area contributed by atoms with Crippen LogP contribution < -0.4 is 9.47 Å². The highest BCUT2D eigenvalue weighted by Crippen LogP contribution is 2.37. The van der Waals surface area contributed by atoms with Gasteiger partial charge in [0.25, 0.3) is 11.1 Å². The number of imide groups is 1. The van der Waals surface area contributed by atoms with Crippen molar-refractivity contribution in [2.24, 2.45) is 0 Å². The van der Waals surface area contributed by atoms with Crippen LogP contribution in [0.5, 0.6) is 11.5 Å². The number of ketones is 1. The lowest BCUT2D eigenvalue weighted by atomic mass is 10.1. The van der Waals surface area contributed by atoms with Gasteiger partial charge in [-0.05, 0) is 65.0 Å². The zero-order valence-corrected chi connectivity index (χ0v) is 20.8. The molecule has 10 heteroatoms. The number of nitrogens with zero attached hydrogens (tertiary/aromatic N) is 1. The second-order valence-corrected chi connectivity index (χ2v) is 8.84. The summed E-state index contributed by atoms with van der Waals surface area (Å²) in [5.74, 6) is -0.622. The molecule has 1 saturated heterocycles. The van der Waals surface area contributed by atoms with Crippen molar-refractivity contribution >= 4 is 63.3 Å². The normalized spacial score (nSPS) is 14.5. The standard InChI is InChI=1S/C23H20INO7S/c1-3-31-18-10-14(9-16(24)21(18)32-13-20(27)30-2)11-19-22(28)25(23(29)33-19)12-17(26)15-7-5-4-6-8-15/h4-11H,3,12-13H2,1-2H3/b19-11+. The fraction of sp³-hybridized carbons (Fsp3) is 0.217. The van der Waals surface area contributed by atoms with Gasteiger partial charge in [-0.15, -0.1) is 0 Å². The average Bonchev–Trinajstić information content (AvgIpc) is 3.06. The molecule has 1 heterocycles. The van der Waals surface area contributed by atoms with E-state index in [1.165, 1.54) is 7.11 Å². The third kappa shape index (κ3) is 6.14. The first-order chi connectivity index (χ1) is 15.8. The summed E-state index contributed by atoms with van der Waals surface area (Å²) in [5, 5.41) is -0.506. The summed E-state index contributed by atoms with van der Waals surface area (Å²) >= 11 is 2.80. The number of rotatable bonds is 9. The summed E-state index contributed by atoms with van der Waals surface area (Å²) in [6, 6.07) is 11.9. The van der Waals surface area contributed by atoms with E-state index in [9.17, 15) is 19.2 Å². The van der Waals surface area contributed by atoms with Gasteiger partial charge in [-0.1, -0.05) is 30.3 Å². The van der Waals surface area contributed by atoms with Crippen molar-refractivity contribution in [2.75, 3.05) is 26.9 Å². The van der Waals surface area contributed by atoms with Crippen LogP contribution in [0.2, 0.25) is 0 Å². The third-order valence-corrected chi connectivity index (χ3v) is 6.17. The van der Waals surface area contributed by atoms with Gasteiger partial charge in [0.1, 0.15) is 0 Å². The summed E-state index contributed by atoms with van der Waals surface area (Å²) < 4.78 is 16.4. The Morgan fingerprint density at radius 3 is 2.52 bits per heavy atom. The molecule has 8 nitrogen and oxygen atoms in total. The Hall–Kier alpha value is -2.86. The van der Waals surface area contributed by atoms with Gasteiger partial charge in [0.05, 0.1) is 28.7 Å². The van der Waals surface area contributed by atoms with Crippen LogP contribution in [-0.4, -0.2) is 54.7 Å². The molecule has 0 unspecified atom stereocenters. The fourth-order valence-corrected chi connectivity index (χ4v) is 4.53. The quantitative estimate of drug-likeness (QED) is 0.189. The first-order valence-electron chi connectivity index (χ1n) is 9.83. The molecular formula is C23H20INO7S.